The third kappa shape index (κ3) is 3.16. The monoisotopic (exact) mass is 344 g/mol. The van der Waals surface area contributed by atoms with Crippen LogP contribution in [0.4, 0.5) is 5.69 Å². The number of anilines is 1. The maximum Gasteiger partial charge on any atom is 0.255 e. The number of carbonyl (C=O) groups is 1. The molecule has 0 atom stereocenters. The van der Waals surface area contributed by atoms with Crippen molar-refractivity contribution in [3.05, 3.63) is 83.5 Å². The molecule has 4 rings (SSSR count). The van der Waals surface area contributed by atoms with Crippen molar-refractivity contribution in [1.82, 2.24) is 4.98 Å². The predicted molar refractivity (Wildman–Crippen MR) is 104 cm³/mol. The highest BCUT2D eigenvalue weighted by Crippen LogP contribution is 2.33. The smallest absolute Gasteiger partial charge is 0.255 e. The van der Waals surface area contributed by atoms with Crippen molar-refractivity contribution < 1.29 is 4.79 Å². The Morgan fingerprint density at radius 2 is 1.92 bits per heavy atom. The second-order valence-corrected chi connectivity index (χ2v) is 6.87. The van der Waals surface area contributed by atoms with Crippen molar-refractivity contribution in [3.63, 3.8) is 0 Å². The zero-order chi connectivity index (χ0) is 17.2. The summed E-state index contributed by atoms with van der Waals surface area (Å²) in [6, 6.07) is 18.0. The van der Waals surface area contributed by atoms with Crippen LogP contribution in [-0.2, 0) is 0 Å². The molecule has 0 aliphatic carbocycles. The van der Waals surface area contributed by atoms with Crippen LogP contribution in [0.2, 0.25) is 0 Å². The second kappa shape index (κ2) is 6.49. The van der Waals surface area contributed by atoms with Gasteiger partial charge in [0.2, 0.25) is 0 Å². The van der Waals surface area contributed by atoms with Gasteiger partial charge in [-0.3, -0.25) is 9.78 Å². The quantitative estimate of drug-likeness (QED) is 0.531. The van der Waals surface area contributed by atoms with E-state index in [9.17, 15) is 4.79 Å². The Bertz CT molecular complexity index is 1040. The lowest BCUT2D eigenvalue weighted by molar-refractivity contribution is 0.102. The first-order valence-corrected chi connectivity index (χ1v) is 8.88. The summed E-state index contributed by atoms with van der Waals surface area (Å²) in [5.41, 5.74) is 4.75. The normalized spacial score (nSPS) is 10.8. The fourth-order valence-corrected chi connectivity index (χ4v) is 3.67. The SMILES string of the molecule is Cc1ccc(-c2cc(C(=O)Nc3cccnc3)cc3sccc23)cc1. The molecule has 4 aromatic rings. The lowest BCUT2D eigenvalue weighted by Crippen LogP contribution is -2.12. The molecule has 3 nitrogen and oxygen atoms in total. The predicted octanol–water partition coefficient (Wildman–Crippen LogP) is 5.52. The standard InChI is InChI=1S/C21H16N2OS/c1-14-4-6-15(7-5-14)19-11-16(12-20-18(19)8-10-25-20)21(24)23-17-3-2-9-22-13-17/h2-13H,1H3,(H,23,24). The van der Waals surface area contributed by atoms with Gasteiger partial charge in [0.25, 0.3) is 5.91 Å². The van der Waals surface area contributed by atoms with E-state index in [2.05, 4.69) is 52.9 Å². The summed E-state index contributed by atoms with van der Waals surface area (Å²) in [7, 11) is 0. The number of fused-ring (bicyclic) bond motifs is 1. The lowest BCUT2D eigenvalue weighted by atomic mass is 9.98. The molecule has 2 heterocycles. The summed E-state index contributed by atoms with van der Waals surface area (Å²) in [6.07, 6.45) is 3.32. The molecule has 0 bridgehead atoms. The highest BCUT2D eigenvalue weighted by molar-refractivity contribution is 7.17. The van der Waals surface area contributed by atoms with Crippen molar-refractivity contribution >= 4 is 33.0 Å². The molecule has 0 fully saturated rings. The molecule has 0 radical (unpaired) electrons. The number of hydrogen-bond donors (Lipinski definition) is 1. The summed E-state index contributed by atoms with van der Waals surface area (Å²) >= 11 is 1.64. The Morgan fingerprint density at radius 3 is 2.68 bits per heavy atom. The van der Waals surface area contributed by atoms with E-state index in [4.69, 9.17) is 0 Å². The van der Waals surface area contributed by atoms with E-state index in [1.165, 1.54) is 10.9 Å². The van der Waals surface area contributed by atoms with Gasteiger partial charge in [-0.25, -0.2) is 0 Å². The topological polar surface area (TPSA) is 42.0 Å². The number of amides is 1. The molecule has 25 heavy (non-hydrogen) atoms. The average Bonchev–Trinajstić information content (AvgIpc) is 3.11. The van der Waals surface area contributed by atoms with E-state index < -0.39 is 0 Å². The summed E-state index contributed by atoms with van der Waals surface area (Å²) in [6.45, 7) is 2.07. The van der Waals surface area contributed by atoms with Crippen molar-refractivity contribution in [2.75, 3.05) is 5.32 Å². The number of nitrogens with one attached hydrogen (secondary N) is 1. The molecular formula is C21H16N2OS. The van der Waals surface area contributed by atoms with E-state index in [0.29, 0.717) is 11.3 Å². The molecule has 4 heteroatoms. The minimum atomic E-state index is -0.128. The van der Waals surface area contributed by atoms with Gasteiger partial charge >= 0.3 is 0 Å². The van der Waals surface area contributed by atoms with Gasteiger partial charge in [0, 0.05) is 21.8 Å². The van der Waals surface area contributed by atoms with Gasteiger partial charge in [-0.1, -0.05) is 29.8 Å². The van der Waals surface area contributed by atoms with Gasteiger partial charge in [0.1, 0.15) is 0 Å². The molecule has 0 spiro atoms. The van der Waals surface area contributed by atoms with Crippen molar-refractivity contribution in [2.45, 2.75) is 6.92 Å². The van der Waals surface area contributed by atoms with Crippen LogP contribution in [0.25, 0.3) is 21.2 Å². The van der Waals surface area contributed by atoms with Gasteiger partial charge < -0.3 is 5.32 Å². The van der Waals surface area contributed by atoms with Crippen molar-refractivity contribution in [2.24, 2.45) is 0 Å². The number of nitrogens with zero attached hydrogens (tertiary/aromatic N) is 1. The fourth-order valence-electron chi connectivity index (χ4n) is 2.81. The summed E-state index contributed by atoms with van der Waals surface area (Å²) < 4.78 is 1.11. The number of rotatable bonds is 3. The zero-order valence-corrected chi connectivity index (χ0v) is 14.5. The first-order valence-electron chi connectivity index (χ1n) is 8.00. The van der Waals surface area contributed by atoms with E-state index >= 15 is 0 Å². The van der Waals surface area contributed by atoms with Gasteiger partial charge in [-0.15, -0.1) is 11.3 Å². The van der Waals surface area contributed by atoms with Crippen LogP contribution in [0.1, 0.15) is 15.9 Å². The molecule has 0 unspecified atom stereocenters. The summed E-state index contributed by atoms with van der Waals surface area (Å²) in [5.74, 6) is -0.128. The van der Waals surface area contributed by atoms with Crippen molar-refractivity contribution in [1.29, 1.82) is 0 Å². The largest absolute Gasteiger partial charge is 0.321 e. The van der Waals surface area contributed by atoms with Crippen LogP contribution in [0, 0.1) is 6.92 Å². The maximum atomic E-state index is 12.7. The number of hydrogen-bond acceptors (Lipinski definition) is 3. The van der Waals surface area contributed by atoms with Crippen LogP contribution in [0.5, 0.6) is 0 Å². The second-order valence-electron chi connectivity index (χ2n) is 5.92. The van der Waals surface area contributed by atoms with Gasteiger partial charge in [0.05, 0.1) is 11.9 Å². The van der Waals surface area contributed by atoms with Crippen LogP contribution < -0.4 is 5.32 Å². The lowest BCUT2D eigenvalue weighted by Gasteiger charge is -2.09. The van der Waals surface area contributed by atoms with E-state index in [-0.39, 0.29) is 5.91 Å². The van der Waals surface area contributed by atoms with E-state index in [1.54, 1.807) is 29.8 Å². The van der Waals surface area contributed by atoms with Gasteiger partial charge in [-0.05, 0) is 53.8 Å². The third-order valence-electron chi connectivity index (χ3n) is 4.12. The minimum absolute atomic E-state index is 0.128. The maximum absolute atomic E-state index is 12.7. The van der Waals surface area contributed by atoms with Gasteiger partial charge in [0.15, 0.2) is 0 Å². The van der Waals surface area contributed by atoms with Crippen molar-refractivity contribution in [3.8, 4) is 11.1 Å². The Hall–Kier alpha value is -2.98. The van der Waals surface area contributed by atoms with Crippen LogP contribution in [-0.4, -0.2) is 10.9 Å². The number of aromatic nitrogens is 1. The van der Waals surface area contributed by atoms with Crippen LogP contribution in [0.3, 0.4) is 0 Å². The molecule has 1 amide bonds. The molecule has 2 aromatic carbocycles. The highest BCUT2D eigenvalue weighted by atomic mass is 32.1. The Balaban J connectivity index is 1.77. The molecule has 1 N–H and O–H groups in total. The molecule has 0 saturated heterocycles. The zero-order valence-electron chi connectivity index (χ0n) is 13.7. The number of pyridine rings is 1. The third-order valence-corrected chi connectivity index (χ3v) is 4.98. The fraction of sp³-hybridized carbons (Fsp3) is 0.0476. The Morgan fingerprint density at radius 1 is 1.08 bits per heavy atom. The first kappa shape index (κ1) is 15.5. The molecular weight excluding hydrogens is 328 g/mol. The first-order chi connectivity index (χ1) is 12.2. The number of aryl methyl sites for hydroxylation is 1. The average molecular weight is 344 g/mol. The highest BCUT2D eigenvalue weighted by Gasteiger charge is 2.13. The molecule has 2 aromatic heterocycles. The Labute approximate surface area is 150 Å². The van der Waals surface area contributed by atoms with Crippen LogP contribution in [0.15, 0.2) is 72.4 Å². The Kier molecular flexibility index (Phi) is 4.04. The van der Waals surface area contributed by atoms with E-state index in [0.717, 1.165) is 15.8 Å². The molecule has 0 aliphatic rings. The van der Waals surface area contributed by atoms with Crippen LogP contribution >= 0.6 is 11.3 Å². The summed E-state index contributed by atoms with van der Waals surface area (Å²) in [4.78, 5) is 16.7. The number of thiophene rings is 1. The van der Waals surface area contributed by atoms with E-state index in [1.807, 2.05) is 18.2 Å². The molecule has 0 aliphatic heterocycles. The molecule has 122 valence electrons. The minimum Gasteiger partial charge on any atom is -0.321 e. The van der Waals surface area contributed by atoms with Gasteiger partial charge in [-0.2, -0.15) is 0 Å². The molecule has 0 saturated carbocycles. The number of carbonyl (C=O) groups excluding carboxylic acids is 1. The summed E-state index contributed by atoms with van der Waals surface area (Å²) in [5, 5.41) is 6.14. The number of benzene rings is 2.